The second-order valence-electron chi connectivity index (χ2n) is 8.79. The number of hydrazone groups is 1. The van der Waals surface area contributed by atoms with Gasteiger partial charge in [-0.2, -0.15) is 5.10 Å². The van der Waals surface area contributed by atoms with Crippen LogP contribution in [0.2, 0.25) is 0 Å². The van der Waals surface area contributed by atoms with Crippen LogP contribution in [0.1, 0.15) is 57.9 Å². The highest BCUT2D eigenvalue weighted by Gasteiger charge is 2.51. The molecule has 0 spiro atoms. The second kappa shape index (κ2) is 7.53. The van der Waals surface area contributed by atoms with Crippen LogP contribution in [0.25, 0.3) is 0 Å². The van der Waals surface area contributed by atoms with Crippen molar-refractivity contribution >= 4 is 17.9 Å². The largest absolute Gasteiger partial charge is 0.372 e. The minimum Gasteiger partial charge on any atom is -0.372 e. The quantitative estimate of drug-likeness (QED) is 0.586. The average molecular weight is 369 g/mol. The lowest BCUT2D eigenvalue weighted by molar-refractivity contribution is -0.0135. The first kappa shape index (κ1) is 18.3. The molecule has 1 aromatic rings. The summed E-state index contributed by atoms with van der Waals surface area (Å²) in [6, 6.07) is 8.12. The molecule has 4 aliphatic carbocycles. The normalized spacial score (nSPS) is 31.3. The van der Waals surface area contributed by atoms with Crippen LogP contribution >= 0.6 is 0 Å². The van der Waals surface area contributed by atoms with Gasteiger partial charge in [-0.25, -0.2) is 10.2 Å². The van der Waals surface area contributed by atoms with E-state index in [1.165, 1.54) is 24.9 Å². The Labute approximate surface area is 162 Å². The van der Waals surface area contributed by atoms with Gasteiger partial charge in [0.1, 0.15) is 0 Å². The van der Waals surface area contributed by atoms with E-state index in [1.54, 1.807) is 6.21 Å². The number of amides is 2. The van der Waals surface area contributed by atoms with Crippen molar-refractivity contribution < 1.29 is 4.79 Å². The Morgan fingerprint density at radius 1 is 1.07 bits per heavy atom. The van der Waals surface area contributed by atoms with E-state index in [1.807, 2.05) is 12.1 Å². The van der Waals surface area contributed by atoms with Gasteiger partial charge in [-0.15, -0.1) is 0 Å². The average Bonchev–Trinajstić information content (AvgIpc) is 2.62. The zero-order valence-corrected chi connectivity index (χ0v) is 16.6. The molecule has 5 nitrogen and oxygen atoms in total. The summed E-state index contributed by atoms with van der Waals surface area (Å²) in [6.45, 7) is 6.31. The van der Waals surface area contributed by atoms with Crippen molar-refractivity contribution in [1.29, 1.82) is 0 Å². The number of hydrogen-bond acceptors (Lipinski definition) is 3. The number of nitrogens with one attached hydrogen (secondary N) is 2. The summed E-state index contributed by atoms with van der Waals surface area (Å²) in [5.74, 6) is 2.47. The van der Waals surface area contributed by atoms with Crippen molar-refractivity contribution in [2.75, 3.05) is 18.0 Å². The number of benzene rings is 1. The molecule has 2 amide bonds. The predicted molar refractivity (Wildman–Crippen MR) is 110 cm³/mol. The predicted octanol–water partition coefficient (Wildman–Crippen LogP) is 4.13. The fraction of sp³-hybridized carbons (Fsp3) is 0.636. The van der Waals surface area contributed by atoms with Gasteiger partial charge in [0.05, 0.1) is 6.21 Å². The topological polar surface area (TPSA) is 56.7 Å². The third kappa shape index (κ3) is 3.97. The first-order valence-corrected chi connectivity index (χ1v) is 10.6. The Kier molecular flexibility index (Phi) is 5.11. The van der Waals surface area contributed by atoms with Gasteiger partial charge in [-0.1, -0.05) is 12.1 Å². The zero-order valence-electron chi connectivity index (χ0n) is 16.6. The molecular weight excluding hydrogens is 336 g/mol. The summed E-state index contributed by atoms with van der Waals surface area (Å²) in [5.41, 5.74) is 4.90. The van der Waals surface area contributed by atoms with Gasteiger partial charge < -0.3 is 10.2 Å². The Balaban J connectivity index is 1.30. The van der Waals surface area contributed by atoms with Crippen LogP contribution in [0.3, 0.4) is 0 Å². The molecule has 4 saturated carbocycles. The van der Waals surface area contributed by atoms with Crippen LogP contribution in [0, 0.1) is 17.8 Å². The molecule has 5 heteroatoms. The molecule has 146 valence electrons. The number of nitrogens with zero attached hydrogens (tertiary/aromatic N) is 2. The SMILES string of the molecule is CCN(CC)c1ccc(C=NNC(=O)NC23CC4CC(CC(C4)C2)C3)cc1. The van der Waals surface area contributed by atoms with Gasteiger partial charge in [0.25, 0.3) is 0 Å². The molecule has 5 rings (SSSR count). The van der Waals surface area contributed by atoms with Crippen LogP contribution in [-0.2, 0) is 0 Å². The fourth-order valence-electron chi connectivity index (χ4n) is 6.06. The van der Waals surface area contributed by atoms with E-state index < -0.39 is 0 Å². The molecule has 0 unspecified atom stereocenters. The summed E-state index contributed by atoms with van der Waals surface area (Å²) in [4.78, 5) is 14.7. The molecule has 27 heavy (non-hydrogen) atoms. The molecule has 0 radical (unpaired) electrons. The second-order valence-corrected chi connectivity index (χ2v) is 8.79. The molecule has 4 fully saturated rings. The highest BCUT2D eigenvalue weighted by Crippen LogP contribution is 2.55. The number of hydrogen-bond donors (Lipinski definition) is 2. The lowest BCUT2D eigenvalue weighted by Crippen LogP contribution is -2.61. The van der Waals surface area contributed by atoms with Crippen molar-refractivity contribution in [2.45, 2.75) is 57.9 Å². The van der Waals surface area contributed by atoms with E-state index in [-0.39, 0.29) is 11.6 Å². The highest BCUT2D eigenvalue weighted by molar-refractivity contribution is 5.82. The smallest absolute Gasteiger partial charge is 0.335 e. The summed E-state index contributed by atoms with van der Waals surface area (Å²) in [5, 5.41) is 7.43. The maximum atomic E-state index is 12.4. The molecule has 0 saturated heterocycles. The minimum atomic E-state index is -0.159. The molecule has 0 aromatic heterocycles. The van der Waals surface area contributed by atoms with Crippen molar-refractivity contribution in [1.82, 2.24) is 10.7 Å². The maximum Gasteiger partial charge on any atom is 0.335 e. The summed E-state index contributed by atoms with van der Waals surface area (Å²) >= 11 is 0. The fourth-order valence-corrected chi connectivity index (χ4v) is 6.06. The Morgan fingerprint density at radius 3 is 2.15 bits per heavy atom. The molecule has 0 heterocycles. The van der Waals surface area contributed by atoms with Gasteiger partial charge in [0.15, 0.2) is 0 Å². The van der Waals surface area contributed by atoms with Crippen LogP contribution in [-0.4, -0.2) is 30.9 Å². The van der Waals surface area contributed by atoms with Gasteiger partial charge in [0, 0.05) is 24.3 Å². The zero-order chi connectivity index (χ0) is 18.9. The van der Waals surface area contributed by atoms with E-state index in [4.69, 9.17) is 0 Å². The van der Waals surface area contributed by atoms with Crippen LogP contribution < -0.4 is 15.6 Å². The molecule has 4 aliphatic rings. The number of rotatable bonds is 6. The first-order valence-electron chi connectivity index (χ1n) is 10.6. The molecule has 1 aromatic carbocycles. The van der Waals surface area contributed by atoms with Gasteiger partial charge in [0.2, 0.25) is 0 Å². The van der Waals surface area contributed by atoms with Crippen molar-refractivity contribution in [3.05, 3.63) is 29.8 Å². The number of anilines is 1. The van der Waals surface area contributed by atoms with Gasteiger partial charge in [-0.3, -0.25) is 0 Å². The van der Waals surface area contributed by atoms with E-state index in [2.05, 4.69) is 46.7 Å². The number of carbonyl (C=O) groups excluding carboxylic acids is 1. The molecular formula is C22H32N4O. The van der Waals surface area contributed by atoms with E-state index >= 15 is 0 Å². The first-order chi connectivity index (χ1) is 13.1. The highest BCUT2D eigenvalue weighted by atomic mass is 16.2. The van der Waals surface area contributed by atoms with Gasteiger partial charge >= 0.3 is 6.03 Å². The summed E-state index contributed by atoms with van der Waals surface area (Å²) < 4.78 is 0. The van der Waals surface area contributed by atoms with Crippen LogP contribution in [0.4, 0.5) is 10.5 Å². The third-order valence-electron chi connectivity index (χ3n) is 6.82. The lowest BCUT2D eigenvalue weighted by Gasteiger charge is -2.56. The monoisotopic (exact) mass is 368 g/mol. The van der Waals surface area contributed by atoms with Crippen LogP contribution in [0.5, 0.6) is 0 Å². The molecule has 2 N–H and O–H groups in total. The molecule has 0 aliphatic heterocycles. The maximum absolute atomic E-state index is 12.4. The van der Waals surface area contributed by atoms with Crippen molar-refractivity contribution in [2.24, 2.45) is 22.9 Å². The van der Waals surface area contributed by atoms with Crippen LogP contribution in [0.15, 0.2) is 29.4 Å². The number of urea groups is 1. The van der Waals surface area contributed by atoms with E-state index in [0.717, 1.165) is 55.7 Å². The Bertz CT molecular complexity index is 657. The summed E-state index contributed by atoms with van der Waals surface area (Å²) in [6.07, 6.45) is 9.32. The minimum absolute atomic E-state index is 0.0275. The van der Waals surface area contributed by atoms with Crippen molar-refractivity contribution in [3.8, 4) is 0 Å². The lowest BCUT2D eigenvalue weighted by atomic mass is 9.53. The van der Waals surface area contributed by atoms with E-state index in [9.17, 15) is 4.79 Å². The van der Waals surface area contributed by atoms with Crippen molar-refractivity contribution in [3.63, 3.8) is 0 Å². The Hall–Kier alpha value is -2.04. The molecule has 0 atom stereocenters. The number of carbonyl (C=O) groups is 1. The van der Waals surface area contributed by atoms with Gasteiger partial charge in [-0.05, 0) is 87.8 Å². The van der Waals surface area contributed by atoms with E-state index in [0.29, 0.717) is 0 Å². The summed E-state index contributed by atoms with van der Waals surface area (Å²) in [7, 11) is 0. The Morgan fingerprint density at radius 2 is 1.63 bits per heavy atom. The third-order valence-corrected chi connectivity index (χ3v) is 6.82. The molecule has 4 bridgehead atoms. The standard InChI is InChI=1S/C22H32N4O/c1-3-26(4-2)20-7-5-16(6-8-20)15-23-25-21(27)24-22-12-17-9-18(13-22)11-19(10-17)14-22/h5-8,15,17-19H,3-4,9-14H2,1-2H3,(H2,24,25,27).